The maximum atomic E-state index is 6.13. The Labute approximate surface area is 124 Å². The molecule has 8 heteroatoms. The molecule has 2 heterocycles. The van der Waals surface area contributed by atoms with E-state index >= 15 is 0 Å². The van der Waals surface area contributed by atoms with Gasteiger partial charge in [0.25, 0.3) is 0 Å². The molecule has 0 spiro atoms. The molecule has 0 aromatic carbocycles. The van der Waals surface area contributed by atoms with Crippen molar-refractivity contribution in [3.63, 3.8) is 0 Å². The average Bonchev–Trinajstić information content (AvgIpc) is 3.12. The lowest BCUT2D eigenvalue weighted by Gasteiger charge is -2.14. The highest BCUT2D eigenvalue weighted by Crippen LogP contribution is 2.30. The van der Waals surface area contributed by atoms with Crippen LogP contribution in [-0.2, 0) is 0 Å². The standard InChI is InChI=1S/C12H16BrN7/c13-10-3-8(11-12(15)17-6-18-20(10)11)9(14)5-19(16)4-7-1-2-7/h3,5-7H,1-2,4,14,16H2,(H2,15,17,18)/b9-5-. The molecule has 1 saturated carbocycles. The van der Waals surface area contributed by atoms with E-state index in [0.29, 0.717) is 22.9 Å². The van der Waals surface area contributed by atoms with Crippen molar-refractivity contribution in [2.75, 3.05) is 12.3 Å². The molecule has 0 radical (unpaired) electrons. The Morgan fingerprint density at radius 2 is 2.30 bits per heavy atom. The highest BCUT2D eigenvalue weighted by molar-refractivity contribution is 9.10. The molecule has 1 aliphatic carbocycles. The highest BCUT2D eigenvalue weighted by atomic mass is 79.9. The Balaban J connectivity index is 1.98. The highest BCUT2D eigenvalue weighted by Gasteiger charge is 2.22. The van der Waals surface area contributed by atoms with Gasteiger partial charge in [0.1, 0.15) is 16.4 Å². The fraction of sp³-hybridized carbons (Fsp3) is 0.333. The van der Waals surface area contributed by atoms with Gasteiger partial charge in [-0.3, -0.25) is 0 Å². The number of rotatable bonds is 4. The molecule has 1 aliphatic rings. The second-order valence-electron chi connectivity index (χ2n) is 5.01. The molecular formula is C12H16BrN7. The number of fused-ring (bicyclic) bond motifs is 1. The lowest BCUT2D eigenvalue weighted by atomic mass is 10.2. The van der Waals surface area contributed by atoms with Crippen molar-refractivity contribution in [1.29, 1.82) is 0 Å². The van der Waals surface area contributed by atoms with Gasteiger partial charge in [0.2, 0.25) is 0 Å². The first-order valence-corrected chi connectivity index (χ1v) is 7.12. The van der Waals surface area contributed by atoms with Gasteiger partial charge < -0.3 is 16.5 Å². The van der Waals surface area contributed by atoms with E-state index in [9.17, 15) is 0 Å². The van der Waals surface area contributed by atoms with Crippen molar-refractivity contribution in [2.45, 2.75) is 12.8 Å². The van der Waals surface area contributed by atoms with Crippen LogP contribution in [0.5, 0.6) is 0 Å². The first-order chi connectivity index (χ1) is 9.56. The van der Waals surface area contributed by atoms with Gasteiger partial charge in [-0.05, 0) is 40.8 Å². The van der Waals surface area contributed by atoms with Crippen LogP contribution in [0.15, 0.2) is 23.2 Å². The molecule has 0 amide bonds. The fourth-order valence-corrected chi connectivity index (χ4v) is 2.65. The van der Waals surface area contributed by atoms with Gasteiger partial charge in [0, 0.05) is 18.3 Å². The van der Waals surface area contributed by atoms with Gasteiger partial charge in [-0.1, -0.05) is 0 Å². The summed E-state index contributed by atoms with van der Waals surface area (Å²) in [6.07, 6.45) is 5.61. The first-order valence-electron chi connectivity index (χ1n) is 6.33. The van der Waals surface area contributed by atoms with Crippen LogP contribution in [0.3, 0.4) is 0 Å². The monoisotopic (exact) mass is 337 g/mol. The van der Waals surface area contributed by atoms with Crippen LogP contribution in [0.2, 0.25) is 0 Å². The topological polar surface area (TPSA) is 111 Å². The zero-order valence-electron chi connectivity index (χ0n) is 10.8. The summed E-state index contributed by atoms with van der Waals surface area (Å²) < 4.78 is 2.42. The van der Waals surface area contributed by atoms with Crippen LogP contribution in [0.1, 0.15) is 18.4 Å². The van der Waals surface area contributed by atoms with Crippen LogP contribution in [-0.4, -0.2) is 26.2 Å². The minimum absolute atomic E-state index is 0.378. The number of nitrogens with zero attached hydrogens (tertiary/aromatic N) is 4. The summed E-state index contributed by atoms with van der Waals surface area (Å²) in [6, 6.07) is 1.86. The maximum absolute atomic E-state index is 6.13. The molecule has 0 unspecified atom stereocenters. The summed E-state index contributed by atoms with van der Waals surface area (Å²) in [7, 11) is 0. The molecule has 3 rings (SSSR count). The second kappa shape index (κ2) is 4.95. The van der Waals surface area contributed by atoms with E-state index in [1.807, 2.05) is 6.07 Å². The number of halogens is 1. The Kier molecular flexibility index (Phi) is 3.27. The second-order valence-corrected chi connectivity index (χ2v) is 5.82. The van der Waals surface area contributed by atoms with Gasteiger partial charge >= 0.3 is 0 Å². The van der Waals surface area contributed by atoms with Crippen molar-refractivity contribution in [1.82, 2.24) is 19.6 Å². The zero-order chi connectivity index (χ0) is 14.3. The molecule has 0 atom stereocenters. The molecular weight excluding hydrogens is 322 g/mol. The van der Waals surface area contributed by atoms with Crippen LogP contribution in [0.25, 0.3) is 11.2 Å². The number of hydrogen-bond donors (Lipinski definition) is 3. The lowest BCUT2D eigenvalue weighted by molar-refractivity contribution is 0.376. The number of aromatic nitrogens is 3. The normalized spacial score (nSPS) is 15.8. The van der Waals surface area contributed by atoms with Crippen molar-refractivity contribution in [3.05, 3.63) is 28.8 Å². The van der Waals surface area contributed by atoms with Crippen molar-refractivity contribution >= 4 is 33.0 Å². The molecule has 2 aromatic heterocycles. The van der Waals surface area contributed by atoms with Gasteiger partial charge in [0.05, 0.1) is 5.70 Å². The average molecular weight is 338 g/mol. The summed E-state index contributed by atoms with van der Waals surface area (Å²) in [5, 5.41) is 5.76. The molecule has 20 heavy (non-hydrogen) atoms. The quantitative estimate of drug-likeness (QED) is 0.565. The van der Waals surface area contributed by atoms with E-state index in [1.54, 1.807) is 15.7 Å². The lowest BCUT2D eigenvalue weighted by Crippen LogP contribution is -2.28. The summed E-state index contributed by atoms with van der Waals surface area (Å²) in [5.41, 5.74) is 14.0. The Morgan fingerprint density at radius 3 is 3.00 bits per heavy atom. The van der Waals surface area contributed by atoms with Gasteiger partial charge in [-0.2, -0.15) is 5.10 Å². The van der Waals surface area contributed by atoms with Gasteiger partial charge in [-0.15, -0.1) is 0 Å². The van der Waals surface area contributed by atoms with Crippen LogP contribution in [0.4, 0.5) is 5.82 Å². The third kappa shape index (κ3) is 2.44. The van der Waals surface area contributed by atoms with Gasteiger partial charge in [-0.25, -0.2) is 15.3 Å². The van der Waals surface area contributed by atoms with Crippen LogP contribution in [0, 0.1) is 5.92 Å². The van der Waals surface area contributed by atoms with Crippen molar-refractivity contribution < 1.29 is 0 Å². The Bertz CT molecular complexity index is 674. The molecule has 1 fully saturated rings. The molecule has 7 nitrogen and oxygen atoms in total. The number of hydrogen-bond acceptors (Lipinski definition) is 6. The fourth-order valence-electron chi connectivity index (χ4n) is 2.15. The van der Waals surface area contributed by atoms with Crippen LogP contribution >= 0.6 is 15.9 Å². The largest absolute Gasteiger partial charge is 0.397 e. The number of hydrazine groups is 1. The predicted octanol–water partition coefficient (Wildman–Crippen LogP) is 0.917. The molecule has 2 aromatic rings. The Hall–Kier alpha value is -1.80. The van der Waals surface area contributed by atoms with Crippen molar-refractivity contribution in [2.24, 2.45) is 17.5 Å². The van der Waals surface area contributed by atoms with E-state index in [0.717, 1.165) is 16.7 Å². The third-order valence-corrected chi connectivity index (χ3v) is 3.89. The third-order valence-electron chi connectivity index (χ3n) is 3.32. The summed E-state index contributed by atoms with van der Waals surface area (Å²) in [6.45, 7) is 0.819. The number of nitrogen functional groups attached to an aromatic ring is 1. The Morgan fingerprint density at radius 1 is 1.55 bits per heavy atom. The molecule has 0 saturated heterocycles. The smallest absolute Gasteiger partial charge is 0.152 e. The van der Waals surface area contributed by atoms with Crippen molar-refractivity contribution in [3.8, 4) is 0 Å². The summed E-state index contributed by atoms with van der Waals surface area (Å²) >= 11 is 3.43. The summed E-state index contributed by atoms with van der Waals surface area (Å²) in [4.78, 5) is 4.00. The molecule has 0 bridgehead atoms. The SMILES string of the molecule is N/C(=C\N(N)CC1CC1)c1cc(Br)n2ncnc(N)c12. The molecule has 106 valence electrons. The van der Waals surface area contributed by atoms with E-state index < -0.39 is 0 Å². The summed E-state index contributed by atoms with van der Waals surface area (Å²) in [5.74, 6) is 7.01. The first kappa shape index (κ1) is 13.2. The molecule has 6 N–H and O–H groups in total. The van der Waals surface area contributed by atoms with E-state index in [4.69, 9.17) is 17.3 Å². The van der Waals surface area contributed by atoms with Gasteiger partial charge in [0.15, 0.2) is 5.82 Å². The zero-order valence-corrected chi connectivity index (χ0v) is 12.4. The maximum Gasteiger partial charge on any atom is 0.152 e. The number of nitrogens with two attached hydrogens (primary N) is 3. The minimum atomic E-state index is 0.378. The van der Waals surface area contributed by atoms with E-state index in [2.05, 4.69) is 26.0 Å². The van der Waals surface area contributed by atoms with E-state index in [1.165, 1.54) is 19.2 Å². The molecule has 0 aliphatic heterocycles. The number of anilines is 1. The predicted molar refractivity (Wildman–Crippen MR) is 80.9 cm³/mol. The van der Waals surface area contributed by atoms with E-state index in [-0.39, 0.29) is 0 Å². The van der Waals surface area contributed by atoms with Crippen LogP contribution < -0.4 is 17.3 Å². The minimum Gasteiger partial charge on any atom is -0.397 e.